The lowest BCUT2D eigenvalue weighted by atomic mass is 9.84. The smallest absolute Gasteiger partial charge is 0.240 e. The van der Waals surface area contributed by atoms with Gasteiger partial charge in [0.25, 0.3) is 0 Å². The topological polar surface area (TPSA) is 52.9 Å². The average molecular weight is 206 g/mol. The number of nitriles is 1. The summed E-state index contributed by atoms with van der Waals surface area (Å²) in [7, 11) is 0. The highest BCUT2D eigenvalue weighted by Crippen LogP contribution is 2.37. The first-order chi connectivity index (χ1) is 7.27. The predicted molar refractivity (Wildman–Crippen MR) is 56.9 cm³/mol. The van der Waals surface area contributed by atoms with Gasteiger partial charge in [0.05, 0.1) is 6.07 Å². The molecule has 2 saturated carbocycles. The Hall–Kier alpha value is -1.04. The highest BCUT2D eigenvalue weighted by atomic mass is 16.2. The van der Waals surface area contributed by atoms with Gasteiger partial charge >= 0.3 is 0 Å². The molecule has 0 atom stereocenters. The van der Waals surface area contributed by atoms with Crippen LogP contribution in [0, 0.1) is 22.7 Å². The second-order valence-electron chi connectivity index (χ2n) is 4.91. The van der Waals surface area contributed by atoms with Crippen LogP contribution in [0.3, 0.4) is 0 Å². The van der Waals surface area contributed by atoms with Crippen LogP contribution in [0.15, 0.2) is 0 Å². The van der Waals surface area contributed by atoms with Crippen LogP contribution >= 0.6 is 0 Å². The maximum atomic E-state index is 11.9. The molecule has 0 aromatic heterocycles. The highest BCUT2D eigenvalue weighted by molar-refractivity contribution is 5.85. The Morgan fingerprint density at radius 1 is 1.33 bits per heavy atom. The second kappa shape index (κ2) is 4.22. The number of hydrogen-bond donors (Lipinski definition) is 1. The first-order valence-corrected chi connectivity index (χ1v) is 5.96. The van der Waals surface area contributed by atoms with Gasteiger partial charge in [-0.05, 0) is 31.6 Å². The van der Waals surface area contributed by atoms with Crippen molar-refractivity contribution in [3.05, 3.63) is 0 Å². The predicted octanol–water partition coefficient (Wildman–Crippen LogP) is 1.99. The average Bonchev–Trinajstić information content (AvgIpc) is 2.64. The molecule has 1 amide bonds. The molecule has 0 heterocycles. The van der Waals surface area contributed by atoms with Gasteiger partial charge in [0.15, 0.2) is 0 Å². The second-order valence-corrected chi connectivity index (χ2v) is 4.91. The molecule has 82 valence electrons. The maximum Gasteiger partial charge on any atom is 0.240 e. The van der Waals surface area contributed by atoms with Gasteiger partial charge in [-0.2, -0.15) is 5.26 Å². The van der Waals surface area contributed by atoms with Crippen molar-refractivity contribution < 1.29 is 4.79 Å². The minimum absolute atomic E-state index is 0.0191. The molecule has 15 heavy (non-hydrogen) atoms. The summed E-state index contributed by atoms with van der Waals surface area (Å²) >= 11 is 0. The fraction of sp³-hybridized carbons (Fsp3) is 0.833. The van der Waals surface area contributed by atoms with Crippen molar-refractivity contribution in [1.29, 1.82) is 5.26 Å². The Labute approximate surface area is 90.8 Å². The monoisotopic (exact) mass is 206 g/mol. The van der Waals surface area contributed by atoms with Gasteiger partial charge in [0, 0.05) is 6.54 Å². The quantitative estimate of drug-likeness (QED) is 0.767. The minimum atomic E-state index is -0.691. The zero-order valence-electron chi connectivity index (χ0n) is 9.09. The largest absolute Gasteiger partial charge is 0.354 e. The molecule has 2 aliphatic carbocycles. The Morgan fingerprint density at radius 3 is 2.47 bits per heavy atom. The van der Waals surface area contributed by atoms with E-state index in [1.54, 1.807) is 0 Å². The highest BCUT2D eigenvalue weighted by Gasteiger charge is 2.41. The van der Waals surface area contributed by atoms with Crippen LogP contribution in [0.4, 0.5) is 0 Å². The summed E-state index contributed by atoms with van der Waals surface area (Å²) in [5.74, 6) is 0.653. The molecule has 2 aliphatic rings. The van der Waals surface area contributed by atoms with E-state index in [0.717, 1.165) is 32.2 Å². The molecule has 2 rings (SSSR count). The summed E-state index contributed by atoms with van der Waals surface area (Å²) < 4.78 is 0. The van der Waals surface area contributed by atoms with Gasteiger partial charge in [0.2, 0.25) is 5.91 Å². The maximum absolute atomic E-state index is 11.9. The first-order valence-electron chi connectivity index (χ1n) is 5.96. The molecular formula is C12H18N2O. The van der Waals surface area contributed by atoms with Crippen LogP contribution in [0.25, 0.3) is 0 Å². The number of rotatable bonds is 3. The number of amides is 1. The third-order valence-corrected chi connectivity index (χ3v) is 3.88. The van der Waals surface area contributed by atoms with Crippen molar-refractivity contribution in [3.63, 3.8) is 0 Å². The molecule has 0 aromatic rings. The molecule has 0 spiro atoms. The van der Waals surface area contributed by atoms with Gasteiger partial charge in [-0.1, -0.05) is 19.3 Å². The molecule has 3 heteroatoms. The van der Waals surface area contributed by atoms with Gasteiger partial charge in [-0.15, -0.1) is 0 Å². The Kier molecular flexibility index (Phi) is 2.95. The van der Waals surface area contributed by atoms with Gasteiger partial charge < -0.3 is 5.32 Å². The van der Waals surface area contributed by atoms with Crippen molar-refractivity contribution >= 4 is 5.91 Å². The number of hydrogen-bond acceptors (Lipinski definition) is 2. The normalized spacial score (nSPS) is 24.2. The lowest BCUT2D eigenvalue weighted by Gasteiger charge is -2.27. The summed E-state index contributed by atoms with van der Waals surface area (Å²) in [5.41, 5.74) is -0.691. The zero-order valence-corrected chi connectivity index (χ0v) is 9.09. The summed E-state index contributed by atoms with van der Waals surface area (Å²) in [5, 5.41) is 12.1. The standard InChI is InChI=1S/C12H18N2O/c13-9-12(6-1-2-7-12)11(15)14-8-10-4-3-5-10/h10H,1-8H2,(H,14,15). The van der Waals surface area contributed by atoms with Gasteiger partial charge in [0.1, 0.15) is 5.41 Å². The molecule has 0 radical (unpaired) electrons. The first kappa shape index (κ1) is 10.5. The van der Waals surface area contributed by atoms with Crippen molar-refractivity contribution in [2.75, 3.05) is 6.54 Å². The third-order valence-electron chi connectivity index (χ3n) is 3.88. The number of nitrogens with one attached hydrogen (secondary N) is 1. The fourth-order valence-corrected chi connectivity index (χ4v) is 2.47. The van der Waals surface area contributed by atoms with Crippen molar-refractivity contribution in [2.24, 2.45) is 11.3 Å². The molecule has 1 N–H and O–H groups in total. The third kappa shape index (κ3) is 1.99. The van der Waals surface area contributed by atoms with Crippen LogP contribution in [-0.2, 0) is 4.79 Å². The summed E-state index contributed by atoms with van der Waals surface area (Å²) in [4.78, 5) is 11.9. The SMILES string of the molecule is N#CC1(C(=O)NCC2CCC2)CCCC1. The Balaban J connectivity index is 1.85. The van der Waals surface area contributed by atoms with Crippen LogP contribution in [0.5, 0.6) is 0 Å². The van der Waals surface area contributed by atoms with Crippen LogP contribution in [0.1, 0.15) is 44.9 Å². The van der Waals surface area contributed by atoms with Crippen molar-refractivity contribution in [1.82, 2.24) is 5.32 Å². The van der Waals surface area contributed by atoms with E-state index in [2.05, 4.69) is 11.4 Å². The van der Waals surface area contributed by atoms with E-state index in [1.165, 1.54) is 19.3 Å². The van der Waals surface area contributed by atoms with E-state index >= 15 is 0 Å². The Morgan fingerprint density at radius 2 is 2.00 bits per heavy atom. The molecule has 0 aromatic carbocycles. The fourth-order valence-electron chi connectivity index (χ4n) is 2.47. The van der Waals surface area contributed by atoms with Gasteiger partial charge in [-0.3, -0.25) is 4.79 Å². The van der Waals surface area contributed by atoms with E-state index in [9.17, 15) is 4.79 Å². The van der Waals surface area contributed by atoms with Crippen LogP contribution in [-0.4, -0.2) is 12.5 Å². The lowest BCUT2D eigenvalue weighted by molar-refractivity contribution is -0.128. The molecule has 0 aliphatic heterocycles. The number of carbonyl (C=O) groups excluding carboxylic acids is 1. The molecule has 0 saturated heterocycles. The summed E-state index contributed by atoms with van der Waals surface area (Å²) in [6.45, 7) is 0.780. The van der Waals surface area contributed by atoms with Crippen LogP contribution in [0.2, 0.25) is 0 Å². The van der Waals surface area contributed by atoms with E-state index in [1.807, 2.05) is 0 Å². The number of carbonyl (C=O) groups is 1. The van der Waals surface area contributed by atoms with Crippen molar-refractivity contribution in [3.8, 4) is 6.07 Å². The molecular weight excluding hydrogens is 188 g/mol. The van der Waals surface area contributed by atoms with Gasteiger partial charge in [-0.25, -0.2) is 0 Å². The Bertz CT molecular complexity index is 282. The van der Waals surface area contributed by atoms with Crippen LogP contribution < -0.4 is 5.32 Å². The minimum Gasteiger partial charge on any atom is -0.354 e. The summed E-state index contributed by atoms with van der Waals surface area (Å²) in [6.07, 6.45) is 7.30. The molecule has 3 nitrogen and oxygen atoms in total. The molecule has 0 bridgehead atoms. The lowest BCUT2D eigenvalue weighted by Crippen LogP contribution is -2.41. The van der Waals surface area contributed by atoms with E-state index in [0.29, 0.717) is 5.92 Å². The number of nitrogens with zero attached hydrogens (tertiary/aromatic N) is 1. The molecule has 0 unspecified atom stereocenters. The zero-order chi connectivity index (χ0) is 10.7. The van der Waals surface area contributed by atoms with E-state index < -0.39 is 5.41 Å². The van der Waals surface area contributed by atoms with E-state index in [-0.39, 0.29) is 5.91 Å². The summed E-state index contributed by atoms with van der Waals surface area (Å²) in [6, 6.07) is 2.22. The van der Waals surface area contributed by atoms with Crippen molar-refractivity contribution in [2.45, 2.75) is 44.9 Å². The van der Waals surface area contributed by atoms with E-state index in [4.69, 9.17) is 5.26 Å². The molecule has 2 fully saturated rings.